The lowest BCUT2D eigenvalue weighted by molar-refractivity contribution is 0.279. The molecule has 0 spiro atoms. The molecule has 0 saturated heterocycles. The van der Waals surface area contributed by atoms with Crippen LogP contribution < -0.4 is 5.73 Å². The fraction of sp³-hybridized carbons (Fsp3) is 0.400. The molecule has 0 bridgehead atoms. The summed E-state index contributed by atoms with van der Waals surface area (Å²) in [4.78, 5) is 0.488. The summed E-state index contributed by atoms with van der Waals surface area (Å²) in [6.07, 6.45) is 0.421. The number of aliphatic hydroxyl groups is 1. The molecule has 2 atom stereocenters. The van der Waals surface area contributed by atoms with E-state index in [1.54, 1.807) is 18.2 Å². The fourth-order valence-corrected chi connectivity index (χ4v) is 3.08. The van der Waals surface area contributed by atoms with Gasteiger partial charge < -0.3 is 10.8 Å². The van der Waals surface area contributed by atoms with Crippen LogP contribution in [0.15, 0.2) is 23.1 Å². The molecule has 1 rings (SSSR count). The maximum atomic E-state index is 11.9. The van der Waals surface area contributed by atoms with E-state index in [2.05, 4.69) is 0 Å². The Balaban J connectivity index is 2.76. The molecule has 0 aromatic heterocycles. The van der Waals surface area contributed by atoms with E-state index in [0.29, 0.717) is 21.4 Å². The first-order chi connectivity index (χ1) is 7.54. The van der Waals surface area contributed by atoms with Crippen molar-refractivity contribution in [1.82, 2.24) is 0 Å². The average molecular weight is 282 g/mol. The molecular weight excluding hydrogens is 269 g/mol. The van der Waals surface area contributed by atoms with Crippen LogP contribution in [-0.4, -0.2) is 27.7 Å². The van der Waals surface area contributed by atoms with Gasteiger partial charge >= 0.3 is 0 Å². The van der Waals surface area contributed by atoms with Gasteiger partial charge in [-0.3, -0.25) is 4.21 Å². The summed E-state index contributed by atoms with van der Waals surface area (Å²) in [5.74, 6) is 0.265. The molecule has 6 heteroatoms. The van der Waals surface area contributed by atoms with Crippen LogP contribution in [0, 0.1) is 0 Å². The highest BCUT2D eigenvalue weighted by Gasteiger charge is 2.13. The molecule has 0 saturated carbocycles. The van der Waals surface area contributed by atoms with Gasteiger partial charge in [0.2, 0.25) is 0 Å². The summed E-state index contributed by atoms with van der Waals surface area (Å²) in [6, 6.07) is 4.51. The summed E-state index contributed by atoms with van der Waals surface area (Å²) in [5.41, 5.74) is 5.68. The molecule has 2 unspecified atom stereocenters. The van der Waals surface area contributed by atoms with Gasteiger partial charge in [-0.2, -0.15) is 0 Å². The van der Waals surface area contributed by atoms with Gasteiger partial charge in [0.25, 0.3) is 0 Å². The lowest BCUT2D eigenvalue weighted by atomic mass is 10.3. The van der Waals surface area contributed by atoms with E-state index in [1.807, 2.05) is 0 Å². The SMILES string of the molecule is NC(CCO)CS(=O)c1cc(Cl)ccc1Cl. The zero-order chi connectivity index (χ0) is 12.1. The van der Waals surface area contributed by atoms with Crippen LogP contribution in [0.25, 0.3) is 0 Å². The van der Waals surface area contributed by atoms with Crippen LogP contribution in [0.3, 0.4) is 0 Å². The van der Waals surface area contributed by atoms with E-state index in [0.717, 1.165) is 0 Å². The van der Waals surface area contributed by atoms with E-state index in [1.165, 1.54) is 0 Å². The van der Waals surface area contributed by atoms with E-state index in [-0.39, 0.29) is 18.4 Å². The molecule has 1 aromatic rings. The molecule has 0 aliphatic rings. The van der Waals surface area contributed by atoms with E-state index in [4.69, 9.17) is 34.0 Å². The zero-order valence-corrected chi connectivity index (χ0v) is 10.9. The Morgan fingerprint density at radius 3 is 2.75 bits per heavy atom. The second kappa shape index (κ2) is 6.57. The number of hydrogen-bond donors (Lipinski definition) is 2. The topological polar surface area (TPSA) is 63.3 Å². The van der Waals surface area contributed by atoms with Gasteiger partial charge in [-0.25, -0.2) is 0 Å². The van der Waals surface area contributed by atoms with Crippen molar-refractivity contribution in [3.05, 3.63) is 28.2 Å². The van der Waals surface area contributed by atoms with Crippen molar-refractivity contribution in [2.24, 2.45) is 5.73 Å². The molecule has 90 valence electrons. The largest absolute Gasteiger partial charge is 0.396 e. The lowest BCUT2D eigenvalue weighted by Gasteiger charge is -2.10. The quantitative estimate of drug-likeness (QED) is 0.865. The number of halogens is 2. The third kappa shape index (κ3) is 4.03. The third-order valence-electron chi connectivity index (χ3n) is 2.00. The minimum Gasteiger partial charge on any atom is -0.396 e. The first-order valence-corrected chi connectivity index (χ1v) is 6.82. The van der Waals surface area contributed by atoms with Crippen molar-refractivity contribution in [1.29, 1.82) is 0 Å². The predicted octanol–water partition coefficient (Wildman–Crippen LogP) is 1.81. The molecule has 0 fully saturated rings. The van der Waals surface area contributed by atoms with Gasteiger partial charge in [-0.15, -0.1) is 0 Å². The Bertz CT molecular complexity index is 387. The number of nitrogens with two attached hydrogens (primary N) is 1. The Hall–Kier alpha value is -0.130. The van der Waals surface area contributed by atoms with Gasteiger partial charge in [0.1, 0.15) is 0 Å². The monoisotopic (exact) mass is 281 g/mol. The van der Waals surface area contributed by atoms with Crippen LogP contribution in [0.4, 0.5) is 0 Å². The predicted molar refractivity (Wildman–Crippen MR) is 67.4 cm³/mol. The highest BCUT2D eigenvalue weighted by Crippen LogP contribution is 2.24. The van der Waals surface area contributed by atoms with E-state index < -0.39 is 10.8 Å². The Labute approximate surface area is 107 Å². The third-order valence-corrected chi connectivity index (χ3v) is 4.24. The summed E-state index contributed by atoms with van der Waals surface area (Å²) in [6.45, 7) is -0.0123. The van der Waals surface area contributed by atoms with Gasteiger partial charge in [-0.1, -0.05) is 23.2 Å². The molecule has 0 aliphatic heterocycles. The number of rotatable bonds is 5. The van der Waals surface area contributed by atoms with Crippen molar-refractivity contribution in [3.63, 3.8) is 0 Å². The average Bonchev–Trinajstić information content (AvgIpc) is 2.21. The number of hydrogen-bond acceptors (Lipinski definition) is 3. The van der Waals surface area contributed by atoms with Crippen molar-refractivity contribution in [2.75, 3.05) is 12.4 Å². The summed E-state index contributed by atoms with van der Waals surface area (Å²) < 4.78 is 11.9. The molecule has 1 aromatic carbocycles. The summed E-state index contributed by atoms with van der Waals surface area (Å²) in [5, 5.41) is 9.60. The Morgan fingerprint density at radius 2 is 2.12 bits per heavy atom. The summed E-state index contributed by atoms with van der Waals surface area (Å²) >= 11 is 11.7. The molecule has 0 radical (unpaired) electrons. The van der Waals surface area contributed by atoms with Crippen molar-refractivity contribution in [3.8, 4) is 0 Å². The number of benzene rings is 1. The van der Waals surface area contributed by atoms with Gasteiger partial charge in [0.15, 0.2) is 0 Å². The van der Waals surface area contributed by atoms with Gasteiger partial charge in [-0.05, 0) is 24.6 Å². The van der Waals surface area contributed by atoms with Crippen molar-refractivity contribution < 1.29 is 9.32 Å². The van der Waals surface area contributed by atoms with Gasteiger partial charge in [0.05, 0.1) is 20.7 Å². The second-order valence-electron chi connectivity index (χ2n) is 3.36. The normalized spacial score (nSPS) is 14.8. The molecule has 3 nitrogen and oxygen atoms in total. The molecular formula is C10H13Cl2NO2S. The second-order valence-corrected chi connectivity index (χ2v) is 5.67. The first kappa shape index (κ1) is 13.9. The lowest BCUT2D eigenvalue weighted by Crippen LogP contribution is -2.28. The van der Waals surface area contributed by atoms with Crippen molar-refractivity contribution >= 4 is 34.0 Å². The molecule has 3 N–H and O–H groups in total. The standard InChI is InChI=1S/C10H13Cl2NO2S/c11-7-1-2-9(12)10(5-7)16(15)6-8(13)3-4-14/h1-2,5,8,14H,3-4,6,13H2. The maximum Gasteiger partial charge on any atom is 0.0589 e. The molecule has 0 amide bonds. The highest BCUT2D eigenvalue weighted by molar-refractivity contribution is 7.85. The first-order valence-electron chi connectivity index (χ1n) is 4.74. The summed E-state index contributed by atoms with van der Waals surface area (Å²) in [7, 11) is -1.29. The Kier molecular flexibility index (Phi) is 5.72. The van der Waals surface area contributed by atoms with Crippen LogP contribution in [-0.2, 0) is 10.8 Å². The smallest absolute Gasteiger partial charge is 0.0589 e. The number of aliphatic hydroxyl groups excluding tert-OH is 1. The minimum absolute atomic E-state index is 0.0123. The zero-order valence-electron chi connectivity index (χ0n) is 8.53. The van der Waals surface area contributed by atoms with Crippen LogP contribution >= 0.6 is 23.2 Å². The highest BCUT2D eigenvalue weighted by atomic mass is 35.5. The van der Waals surface area contributed by atoms with Crippen LogP contribution in [0.5, 0.6) is 0 Å². The minimum atomic E-state index is -1.29. The fourth-order valence-electron chi connectivity index (χ4n) is 1.19. The molecule has 16 heavy (non-hydrogen) atoms. The molecule has 0 heterocycles. The maximum absolute atomic E-state index is 11.9. The van der Waals surface area contributed by atoms with Crippen LogP contribution in [0.2, 0.25) is 10.0 Å². The molecule has 0 aliphatic carbocycles. The van der Waals surface area contributed by atoms with E-state index in [9.17, 15) is 4.21 Å². The Morgan fingerprint density at radius 1 is 1.44 bits per heavy atom. The van der Waals surface area contributed by atoms with Crippen LogP contribution in [0.1, 0.15) is 6.42 Å². The van der Waals surface area contributed by atoms with E-state index >= 15 is 0 Å². The van der Waals surface area contributed by atoms with Crippen molar-refractivity contribution in [2.45, 2.75) is 17.4 Å². The van der Waals surface area contributed by atoms with Gasteiger partial charge in [0, 0.05) is 23.4 Å².